The van der Waals surface area contributed by atoms with E-state index in [9.17, 15) is 38.9 Å². The molecule has 0 saturated carbocycles. The van der Waals surface area contributed by atoms with E-state index in [2.05, 4.69) is 10.6 Å². The van der Waals surface area contributed by atoms with E-state index in [1.54, 1.807) is 24.3 Å². The van der Waals surface area contributed by atoms with Gasteiger partial charge in [0.2, 0.25) is 0 Å². The van der Waals surface area contributed by atoms with Crippen LogP contribution in [-0.2, 0) is 30.4 Å². The normalized spacial score (nSPS) is 12.5. The second kappa shape index (κ2) is 9.99. The molecule has 5 aromatic carbocycles. The van der Waals surface area contributed by atoms with Crippen LogP contribution in [0, 0.1) is 0 Å². The number of hydrogen-bond donors (Lipinski definition) is 6. The summed E-state index contributed by atoms with van der Waals surface area (Å²) in [4.78, 5) is -1.09. The maximum Gasteiger partial charge on any atom is 0.294 e. The molecule has 0 saturated heterocycles. The Balaban J connectivity index is 1.67. The van der Waals surface area contributed by atoms with Gasteiger partial charge in [0.1, 0.15) is 0 Å². The lowest BCUT2D eigenvalue weighted by atomic mass is 10.0. The van der Waals surface area contributed by atoms with Gasteiger partial charge in [-0.15, -0.1) is 0 Å². The summed E-state index contributed by atoms with van der Waals surface area (Å²) >= 11 is 0. The number of nitrogen functional groups attached to an aromatic ring is 1. The average Bonchev–Trinajstić information content (AvgIpc) is 2.89. The molecule has 0 heterocycles. The second-order valence-electron chi connectivity index (χ2n) is 8.98. The maximum absolute atomic E-state index is 11.9. The summed E-state index contributed by atoms with van der Waals surface area (Å²) in [7, 11) is -13.6. The van der Waals surface area contributed by atoms with E-state index in [1.807, 2.05) is 0 Å². The average molecular weight is 616 g/mol. The second-order valence-corrected chi connectivity index (χ2v) is 13.2. The van der Waals surface area contributed by atoms with Gasteiger partial charge < -0.3 is 16.4 Å². The Morgan fingerprint density at radius 3 is 1.54 bits per heavy atom. The molecule has 7 N–H and O–H groups in total. The quantitative estimate of drug-likeness (QED) is 0.108. The summed E-state index contributed by atoms with van der Waals surface area (Å²) in [5.74, 6) is 0. The summed E-state index contributed by atoms with van der Waals surface area (Å²) in [6, 6.07) is 19.6. The fraction of sp³-hybridized carbons (Fsp3) is 0. The van der Waals surface area contributed by atoms with Crippen LogP contribution in [0.15, 0.2) is 99.6 Å². The lowest BCUT2D eigenvalue weighted by Crippen LogP contribution is -2.02. The smallest absolute Gasteiger partial charge is 0.294 e. The zero-order chi connectivity index (χ0) is 29.7. The van der Waals surface area contributed by atoms with Crippen LogP contribution in [0.25, 0.3) is 21.5 Å². The first-order valence-electron chi connectivity index (χ1n) is 11.6. The highest BCUT2D eigenvalue weighted by Crippen LogP contribution is 2.38. The van der Waals surface area contributed by atoms with E-state index in [0.717, 1.165) is 0 Å². The van der Waals surface area contributed by atoms with E-state index in [0.29, 0.717) is 44.3 Å². The van der Waals surface area contributed by atoms with Crippen molar-refractivity contribution in [3.8, 4) is 0 Å². The van der Waals surface area contributed by atoms with Crippen LogP contribution in [0.1, 0.15) is 0 Å². The molecule has 12 nitrogen and oxygen atoms in total. The SMILES string of the molecule is Nc1ccc(Nc2ccc(Nc3cccc(S(=O)(=O)O)c3)c3cc(S(=O)(=O)O)ccc23)c2cc(S(=O)(=O)O)ccc12. The minimum absolute atomic E-state index is 0.265. The number of nitrogens with two attached hydrogens (primary N) is 1. The number of rotatable bonds is 7. The van der Waals surface area contributed by atoms with Gasteiger partial charge in [-0.1, -0.05) is 18.2 Å². The third-order valence-electron chi connectivity index (χ3n) is 6.29. The molecule has 5 rings (SSSR count). The molecule has 212 valence electrons. The van der Waals surface area contributed by atoms with Gasteiger partial charge in [0.15, 0.2) is 0 Å². The molecular formula is C26H21N3O9S3. The zero-order valence-corrected chi connectivity index (χ0v) is 23.1. The Labute approximate surface area is 234 Å². The summed E-state index contributed by atoms with van der Waals surface area (Å²) in [5.41, 5.74) is 7.90. The molecule has 15 heteroatoms. The molecule has 0 unspecified atom stereocenters. The van der Waals surface area contributed by atoms with Crippen molar-refractivity contribution in [3.05, 3.63) is 84.9 Å². The first-order chi connectivity index (χ1) is 19.1. The largest absolute Gasteiger partial charge is 0.398 e. The van der Waals surface area contributed by atoms with Gasteiger partial charge in [0.05, 0.1) is 14.7 Å². The molecule has 0 fully saturated rings. The monoisotopic (exact) mass is 615 g/mol. The van der Waals surface area contributed by atoms with Crippen LogP contribution in [0.2, 0.25) is 0 Å². The van der Waals surface area contributed by atoms with Crippen LogP contribution < -0.4 is 16.4 Å². The van der Waals surface area contributed by atoms with Crippen molar-refractivity contribution in [1.82, 2.24) is 0 Å². The molecule has 41 heavy (non-hydrogen) atoms. The van der Waals surface area contributed by atoms with Crippen molar-refractivity contribution in [1.29, 1.82) is 0 Å². The highest BCUT2D eigenvalue weighted by Gasteiger charge is 2.17. The topological polar surface area (TPSA) is 213 Å². The first kappa shape index (κ1) is 28.3. The molecule has 0 spiro atoms. The highest BCUT2D eigenvalue weighted by atomic mass is 32.2. The molecule has 0 bridgehead atoms. The maximum atomic E-state index is 11.9. The van der Waals surface area contributed by atoms with E-state index in [4.69, 9.17) is 5.73 Å². The Bertz CT molecular complexity index is 2200. The number of fused-ring (bicyclic) bond motifs is 2. The highest BCUT2D eigenvalue weighted by molar-refractivity contribution is 7.86. The van der Waals surface area contributed by atoms with E-state index >= 15 is 0 Å². The van der Waals surface area contributed by atoms with E-state index < -0.39 is 35.2 Å². The van der Waals surface area contributed by atoms with Gasteiger partial charge in [-0.2, -0.15) is 25.3 Å². The fourth-order valence-electron chi connectivity index (χ4n) is 4.36. The van der Waals surface area contributed by atoms with Gasteiger partial charge in [0, 0.05) is 50.0 Å². The van der Waals surface area contributed by atoms with Crippen molar-refractivity contribution in [2.24, 2.45) is 0 Å². The summed E-state index contributed by atoms with van der Waals surface area (Å²) in [6.45, 7) is 0. The Morgan fingerprint density at radius 2 is 0.951 bits per heavy atom. The minimum Gasteiger partial charge on any atom is -0.398 e. The van der Waals surface area contributed by atoms with Gasteiger partial charge >= 0.3 is 0 Å². The third kappa shape index (κ3) is 5.81. The molecular weight excluding hydrogens is 594 g/mol. The van der Waals surface area contributed by atoms with Gasteiger partial charge in [-0.25, -0.2) is 0 Å². The predicted molar refractivity (Wildman–Crippen MR) is 155 cm³/mol. The fourth-order valence-corrected chi connectivity index (χ4v) is 5.90. The van der Waals surface area contributed by atoms with Crippen molar-refractivity contribution >= 4 is 80.3 Å². The van der Waals surface area contributed by atoms with Crippen molar-refractivity contribution in [2.75, 3.05) is 16.4 Å². The molecule has 0 aliphatic carbocycles. The first-order valence-corrected chi connectivity index (χ1v) is 15.9. The Kier molecular flexibility index (Phi) is 6.89. The van der Waals surface area contributed by atoms with E-state index in [-0.39, 0.29) is 15.5 Å². The van der Waals surface area contributed by atoms with E-state index in [1.165, 1.54) is 60.7 Å². The molecule has 0 radical (unpaired) electrons. The van der Waals surface area contributed by atoms with Gasteiger partial charge in [-0.3, -0.25) is 13.7 Å². The number of nitrogens with one attached hydrogen (secondary N) is 2. The molecule has 0 atom stereocenters. The molecule has 0 aromatic heterocycles. The zero-order valence-electron chi connectivity index (χ0n) is 20.7. The Morgan fingerprint density at radius 1 is 0.488 bits per heavy atom. The molecule has 0 aliphatic heterocycles. The predicted octanol–water partition coefficient (Wildman–Crippen LogP) is 4.80. The Hall–Kier alpha value is -4.25. The van der Waals surface area contributed by atoms with Crippen LogP contribution in [0.3, 0.4) is 0 Å². The number of anilines is 5. The van der Waals surface area contributed by atoms with Crippen molar-refractivity contribution in [3.63, 3.8) is 0 Å². The van der Waals surface area contributed by atoms with Crippen LogP contribution in [0.5, 0.6) is 0 Å². The van der Waals surface area contributed by atoms with Gasteiger partial charge in [-0.05, 0) is 66.7 Å². The van der Waals surface area contributed by atoms with Gasteiger partial charge in [0.25, 0.3) is 30.4 Å². The molecule has 5 aromatic rings. The molecule has 0 amide bonds. The van der Waals surface area contributed by atoms with Crippen molar-refractivity contribution in [2.45, 2.75) is 14.7 Å². The standard InChI is InChI=1S/C26H21N3O9S3/c27-23-8-9-26(21-13-17(40(33,34)35)4-6-19(21)23)29-24-10-11-25(22-14-18(41(36,37)38)5-7-20(22)24)28-15-2-1-3-16(12-15)39(30,31)32/h1-14,28-29H,27H2,(H,30,31,32)(H,33,34,35)(H,36,37,38). The van der Waals surface area contributed by atoms with Crippen molar-refractivity contribution < 1.29 is 38.9 Å². The number of benzene rings is 5. The minimum atomic E-state index is -4.59. The molecule has 0 aliphatic rings. The van der Waals surface area contributed by atoms with Crippen LogP contribution in [-0.4, -0.2) is 38.9 Å². The lowest BCUT2D eigenvalue weighted by molar-refractivity contribution is 0.481. The summed E-state index contributed by atoms with van der Waals surface area (Å²) in [6.07, 6.45) is 0. The summed E-state index contributed by atoms with van der Waals surface area (Å²) in [5, 5.41) is 7.85. The third-order valence-corrected chi connectivity index (χ3v) is 8.83. The lowest BCUT2D eigenvalue weighted by Gasteiger charge is -2.17. The van der Waals surface area contributed by atoms with Crippen LogP contribution in [0.4, 0.5) is 28.4 Å². The summed E-state index contributed by atoms with van der Waals surface area (Å²) < 4.78 is 99.1. The van der Waals surface area contributed by atoms with Crippen LogP contribution >= 0.6 is 0 Å². The number of hydrogen-bond acceptors (Lipinski definition) is 9.